The van der Waals surface area contributed by atoms with Crippen LogP contribution < -0.4 is 0 Å². The van der Waals surface area contributed by atoms with Crippen molar-refractivity contribution in [3.63, 3.8) is 0 Å². The number of hydrogen-bond donors (Lipinski definition) is 0. The summed E-state index contributed by atoms with van der Waals surface area (Å²) in [5.74, 6) is 1.06. The summed E-state index contributed by atoms with van der Waals surface area (Å²) in [5.41, 5.74) is 1.97. The van der Waals surface area contributed by atoms with Crippen molar-refractivity contribution in [2.24, 2.45) is 0 Å². The second kappa shape index (κ2) is 3.84. The van der Waals surface area contributed by atoms with Crippen LogP contribution in [0.3, 0.4) is 0 Å². The van der Waals surface area contributed by atoms with E-state index >= 15 is 0 Å². The predicted molar refractivity (Wildman–Crippen MR) is 72.8 cm³/mol. The van der Waals surface area contributed by atoms with E-state index in [0.29, 0.717) is 6.42 Å². The van der Waals surface area contributed by atoms with E-state index in [1.54, 1.807) is 10.8 Å². The Kier molecular flexibility index (Phi) is 2.23. The molecule has 0 saturated carbocycles. The van der Waals surface area contributed by atoms with Gasteiger partial charge in [0.05, 0.1) is 10.3 Å². The lowest BCUT2D eigenvalue weighted by molar-refractivity contribution is 0.0977. The molecule has 3 aromatic heterocycles. The van der Waals surface area contributed by atoms with Crippen molar-refractivity contribution in [1.29, 1.82) is 0 Å². The largest absolute Gasteiger partial charge is 0.293 e. The summed E-state index contributed by atoms with van der Waals surface area (Å²) in [6, 6.07) is 0. The van der Waals surface area contributed by atoms with Crippen LogP contribution in [0.5, 0.6) is 0 Å². The number of thiophene rings is 1. The molecule has 0 atom stereocenters. The molecule has 1 aliphatic carbocycles. The second-order valence-corrected chi connectivity index (χ2v) is 5.76. The van der Waals surface area contributed by atoms with Gasteiger partial charge in [0.15, 0.2) is 17.3 Å². The topological polar surface area (TPSA) is 60.1 Å². The van der Waals surface area contributed by atoms with Gasteiger partial charge in [0.1, 0.15) is 11.2 Å². The van der Waals surface area contributed by atoms with Crippen molar-refractivity contribution in [3.8, 4) is 0 Å². The average molecular weight is 272 g/mol. The van der Waals surface area contributed by atoms with Gasteiger partial charge in [0, 0.05) is 12.8 Å². The molecule has 3 aromatic rings. The first-order valence-corrected chi connectivity index (χ1v) is 7.28. The number of carbonyl (C=O) groups excluding carboxylic acids is 1. The molecule has 4 rings (SSSR count). The lowest BCUT2D eigenvalue weighted by Crippen LogP contribution is -2.07. The summed E-state index contributed by atoms with van der Waals surface area (Å²) in [6.07, 6.45) is 5.01. The highest BCUT2D eigenvalue weighted by Gasteiger charge is 2.25. The van der Waals surface area contributed by atoms with Gasteiger partial charge in [0.2, 0.25) is 0 Å². The van der Waals surface area contributed by atoms with Crippen LogP contribution in [0.2, 0.25) is 0 Å². The third-order valence-corrected chi connectivity index (χ3v) is 4.75. The Balaban J connectivity index is 2.14. The van der Waals surface area contributed by atoms with E-state index in [2.05, 4.69) is 15.1 Å². The standard InChI is InChI=1S/C13H12N4OS/c1-2-9-15-12-10-7-4-3-5-8(18)11(7)19-13(10)14-6-17(12)16-9/h6H,2-5H2,1H3. The molecule has 3 heterocycles. The number of aromatic nitrogens is 4. The van der Waals surface area contributed by atoms with E-state index in [0.717, 1.165) is 51.4 Å². The molecule has 0 spiro atoms. The third-order valence-electron chi connectivity index (χ3n) is 3.57. The molecule has 0 saturated heterocycles. The molecule has 96 valence electrons. The highest BCUT2D eigenvalue weighted by atomic mass is 32.1. The Hall–Kier alpha value is -1.82. The Bertz CT molecular complexity index is 817. The van der Waals surface area contributed by atoms with Crippen molar-refractivity contribution in [2.45, 2.75) is 32.6 Å². The molecule has 0 bridgehead atoms. The lowest BCUT2D eigenvalue weighted by Gasteiger charge is -2.09. The molecule has 0 N–H and O–H groups in total. The van der Waals surface area contributed by atoms with E-state index in [1.807, 2.05) is 6.92 Å². The van der Waals surface area contributed by atoms with Crippen LogP contribution in [0.4, 0.5) is 0 Å². The number of fused-ring (bicyclic) bond motifs is 5. The number of hydrogen-bond acceptors (Lipinski definition) is 5. The summed E-state index contributed by atoms with van der Waals surface area (Å²) in [4.78, 5) is 22.8. The van der Waals surface area contributed by atoms with Gasteiger partial charge in [0.25, 0.3) is 0 Å². The number of aryl methyl sites for hydroxylation is 2. The maximum Gasteiger partial charge on any atom is 0.173 e. The van der Waals surface area contributed by atoms with E-state index in [1.165, 1.54) is 11.3 Å². The molecular formula is C13H12N4OS. The van der Waals surface area contributed by atoms with Crippen LogP contribution in [0.25, 0.3) is 15.9 Å². The van der Waals surface area contributed by atoms with E-state index in [-0.39, 0.29) is 5.78 Å². The summed E-state index contributed by atoms with van der Waals surface area (Å²) in [5, 5.41) is 5.42. The Morgan fingerprint density at radius 3 is 3.16 bits per heavy atom. The number of rotatable bonds is 1. The normalized spacial score (nSPS) is 15.3. The van der Waals surface area contributed by atoms with Gasteiger partial charge in [-0.1, -0.05) is 6.92 Å². The number of Topliss-reactive ketones (excluding diaryl/α,β-unsaturated/α-hetero) is 1. The van der Waals surface area contributed by atoms with Crippen molar-refractivity contribution in [1.82, 2.24) is 19.6 Å². The van der Waals surface area contributed by atoms with Gasteiger partial charge < -0.3 is 0 Å². The molecule has 0 radical (unpaired) electrons. The summed E-state index contributed by atoms with van der Waals surface area (Å²) in [7, 11) is 0. The molecule has 1 aliphatic rings. The summed E-state index contributed by atoms with van der Waals surface area (Å²) >= 11 is 1.50. The Morgan fingerprint density at radius 1 is 1.42 bits per heavy atom. The Labute approximate surface area is 113 Å². The maximum absolute atomic E-state index is 12.0. The quantitative estimate of drug-likeness (QED) is 0.682. The van der Waals surface area contributed by atoms with Gasteiger partial charge in [-0.05, 0) is 18.4 Å². The molecule has 0 amide bonds. The summed E-state index contributed by atoms with van der Waals surface area (Å²) < 4.78 is 1.73. The molecule has 0 fully saturated rings. The Morgan fingerprint density at radius 2 is 2.32 bits per heavy atom. The number of nitrogens with zero attached hydrogens (tertiary/aromatic N) is 4. The van der Waals surface area contributed by atoms with E-state index < -0.39 is 0 Å². The first kappa shape index (κ1) is 11.0. The molecule has 0 unspecified atom stereocenters. The van der Waals surface area contributed by atoms with Crippen molar-refractivity contribution >= 4 is 33.0 Å². The van der Waals surface area contributed by atoms with Gasteiger partial charge in [-0.15, -0.1) is 16.4 Å². The zero-order valence-corrected chi connectivity index (χ0v) is 11.3. The minimum absolute atomic E-state index is 0.248. The van der Waals surface area contributed by atoms with Crippen LogP contribution in [0.1, 0.15) is 40.8 Å². The van der Waals surface area contributed by atoms with Gasteiger partial charge in [-0.25, -0.2) is 14.5 Å². The first-order chi connectivity index (χ1) is 9.28. The smallest absolute Gasteiger partial charge is 0.173 e. The lowest BCUT2D eigenvalue weighted by atomic mass is 9.96. The highest BCUT2D eigenvalue weighted by molar-refractivity contribution is 7.20. The fraction of sp³-hybridized carbons (Fsp3) is 0.385. The van der Waals surface area contributed by atoms with E-state index in [9.17, 15) is 4.79 Å². The van der Waals surface area contributed by atoms with E-state index in [4.69, 9.17) is 0 Å². The van der Waals surface area contributed by atoms with Crippen molar-refractivity contribution in [2.75, 3.05) is 0 Å². The minimum Gasteiger partial charge on any atom is -0.293 e. The molecule has 6 heteroatoms. The highest BCUT2D eigenvalue weighted by Crippen LogP contribution is 2.36. The average Bonchev–Trinajstić information content (AvgIpc) is 2.98. The molecule has 19 heavy (non-hydrogen) atoms. The van der Waals surface area contributed by atoms with Gasteiger partial charge in [-0.3, -0.25) is 4.79 Å². The molecule has 0 aliphatic heterocycles. The first-order valence-electron chi connectivity index (χ1n) is 6.46. The minimum atomic E-state index is 0.248. The predicted octanol–water partition coefficient (Wildman–Crippen LogP) is 2.42. The fourth-order valence-electron chi connectivity index (χ4n) is 2.65. The van der Waals surface area contributed by atoms with Crippen LogP contribution in [-0.4, -0.2) is 25.4 Å². The maximum atomic E-state index is 12.0. The van der Waals surface area contributed by atoms with Gasteiger partial charge in [-0.2, -0.15) is 0 Å². The number of carbonyl (C=O) groups is 1. The molecular weight excluding hydrogens is 260 g/mol. The second-order valence-electron chi connectivity index (χ2n) is 4.76. The number of ketones is 1. The third kappa shape index (κ3) is 1.46. The monoisotopic (exact) mass is 272 g/mol. The van der Waals surface area contributed by atoms with Crippen molar-refractivity contribution in [3.05, 3.63) is 22.6 Å². The van der Waals surface area contributed by atoms with Crippen LogP contribution >= 0.6 is 11.3 Å². The molecule has 0 aromatic carbocycles. The summed E-state index contributed by atoms with van der Waals surface area (Å²) in [6.45, 7) is 2.03. The van der Waals surface area contributed by atoms with Crippen LogP contribution in [0, 0.1) is 0 Å². The van der Waals surface area contributed by atoms with Crippen LogP contribution in [0.15, 0.2) is 6.33 Å². The van der Waals surface area contributed by atoms with Crippen LogP contribution in [-0.2, 0) is 12.8 Å². The zero-order chi connectivity index (χ0) is 13.0. The van der Waals surface area contributed by atoms with Crippen molar-refractivity contribution < 1.29 is 4.79 Å². The molecule has 5 nitrogen and oxygen atoms in total. The van der Waals surface area contributed by atoms with Gasteiger partial charge >= 0.3 is 0 Å². The fourth-order valence-corrected chi connectivity index (χ4v) is 3.80. The zero-order valence-electron chi connectivity index (χ0n) is 10.5. The SMILES string of the molecule is CCc1nc2c3c4c(sc3ncn2n1)C(=O)CCC4.